The minimum absolute atomic E-state index is 0.0366. The van der Waals surface area contributed by atoms with Crippen molar-refractivity contribution in [3.63, 3.8) is 0 Å². The first kappa shape index (κ1) is 14.8. The molecule has 1 unspecified atom stereocenters. The Morgan fingerprint density at radius 3 is 2.70 bits per heavy atom. The van der Waals surface area contributed by atoms with E-state index in [9.17, 15) is 4.79 Å². The zero-order chi connectivity index (χ0) is 14.9. The van der Waals surface area contributed by atoms with E-state index in [0.717, 1.165) is 5.76 Å². The van der Waals surface area contributed by atoms with Gasteiger partial charge in [0.15, 0.2) is 0 Å². The van der Waals surface area contributed by atoms with E-state index in [-0.39, 0.29) is 18.2 Å². The van der Waals surface area contributed by atoms with Gasteiger partial charge in [-0.15, -0.1) is 0 Å². The summed E-state index contributed by atoms with van der Waals surface area (Å²) in [6.07, 6.45) is 1.46. The zero-order valence-electron chi connectivity index (χ0n) is 12.8. The molecule has 0 saturated carbocycles. The molecule has 0 spiro atoms. The fourth-order valence-electron chi connectivity index (χ4n) is 2.06. The highest BCUT2D eigenvalue weighted by Crippen LogP contribution is 2.18. The van der Waals surface area contributed by atoms with Gasteiger partial charge in [0.1, 0.15) is 11.4 Å². The Morgan fingerprint density at radius 1 is 1.55 bits per heavy atom. The molecule has 0 aliphatic carbocycles. The van der Waals surface area contributed by atoms with Crippen LogP contribution < -0.4 is 5.32 Å². The lowest BCUT2D eigenvalue weighted by atomic mass is 10.1. The number of hydrogen-bond donors (Lipinski definition) is 1. The molecule has 1 atom stereocenters. The zero-order valence-corrected chi connectivity index (χ0v) is 12.8. The summed E-state index contributed by atoms with van der Waals surface area (Å²) < 4.78 is 10.8. The van der Waals surface area contributed by atoms with Gasteiger partial charge in [-0.25, -0.2) is 9.78 Å². The number of hydrogen-bond acceptors (Lipinski definition) is 5. The summed E-state index contributed by atoms with van der Waals surface area (Å²) in [5.74, 6) is 1.48. The summed E-state index contributed by atoms with van der Waals surface area (Å²) in [5, 5.41) is 3.39. The van der Waals surface area contributed by atoms with Crippen LogP contribution >= 0.6 is 0 Å². The van der Waals surface area contributed by atoms with Crippen LogP contribution in [0.4, 0.5) is 4.79 Å². The van der Waals surface area contributed by atoms with Gasteiger partial charge in [0, 0.05) is 19.1 Å². The van der Waals surface area contributed by atoms with Crippen molar-refractivity contribution in [3.05, 3.63) is 17.8 Å². The van der Waals surface area contributed by atoms with Gasteiger partial charge in [0.05, 0.1) is 12.2 Å². The van der Waals surface area contributed by atoms with Crippen molar-refractivity contribution in [2.45, 2.75) is 52.3 Å². The van der Waals surface area contributed by atoms with Gasteiger partial charge >= 0.3 is 6.09 Å². The third kappa shape index (κ3) is 3.72. The first-order valence-corrected chi connectivity index (χ1v) is 6.91. The molecule has 1 fully saturated rings. The van der Waals surface area contributed by atoms with Gasteiger partial charge in [0.25, 0.3) is 0 Å². The number of carbonyl (C=O) groups is 1. The maximum atomic E-state index is 11.8. The number of carbonyl (C=O) groups excluding carboxylic acids is 1. The second-order valence-corrected chi connectivity index (χ2v) is 6.28. The highest BCUT2D eigenvalue weighted by atomic mass is 16.6. The molecule has 1 aromatic rings. The number of nitrogens with zero attached hydrogens (tertiary/aromatic N) is 2. The predicted octanol–water partition coefficient (Wildman–Crippen LogP) is 2.25. The van der Waals surface area contributed by atoms with E-state index in [0.29, 0.717) is 19.0 Å². The van der Waals surface area contributed by atoms with Crippen LogP contribution in [-0.4, -0.2) is 40.7 Å². The molecule has 1 N–H and O–H groups in total. The summed E-state index contributed by atoms with van der Waals surface area (Å²) in [5.41, 5.74) is -0.446. The molecular formula is C14H23N3O3. The average Bonchev–Trinajstić information content (AvgIpc) is 2.66. The van der Waals surface area contributed by atoms with Crippen molar-refractivity contribution < 1.29 is 13.9 Å². The molecule has 1 aromatic heterocycles. The molecule has 0 radical (unpaired) electrons. The fraction of sp³-hybridized carbons (Fsp3) is 0.714. The van der Waals surface area contributed by atoms with Gasteiger partial charge in [-0.05, 0) is 34.6 Å². The number of aryl methyl sites for hydroxylation is 1. The van der Waals surface area contributed by atoms with Crippen molar-refractivity contribution in [3.8, 4) is 0 Å². The lowest BCUT2D eigenvalue weighted by Gasteiger charge is -2.41. The molecule has 1 aliphatic heterocycles. The first-order valence-electron chi connectivity index (χ1n) is 6.91. The summed E-state index contributed by atoms with van der Waals surface area (Å²) in [6, 6.07) is 0.291. The molecular weight excluding hydrogens is 258 g/mol. The van der Waals surface area contributed by atoms with Crippen LogP contribution in [0.3, 0.4) is 0 Å². The highest BCUT2D eigenvalue weighted by molar-refractivity contribution is 5.69. The Bertz CT molecular complexity index is 472. The van der Waals surface area contributed by atoms with E-state index >= 15 is 0 Å². The van der Waals surface area contributed by atoms with Gasteiger partial charge in [0.2, 0.25) is 5.89 Å². The molecule has 20 heavy (non-hydrogen) atoms. The van der Waals surface area contributed by atoms with E-state index in [4.69, 9.17) is 9.15 Å². The Morgan fingerprint density at radius 2 is 2.20 bits per heavy atom. The fourth-order valence-corrected chi connectivity index (χ4v) is 2.06. The number of nitrogens with one attached hydrogen (secondary N) is 1. The van der Waals surface area contributed by atoms with Crippen LogP contribution in [0.1, 0.15) is 45.4 Å². The molecule has 6 nitrogen and oxygen atoms in total. The third-order valence-electron chi connectivity index (χ3n) is 3.03. The van der Waals surface area contributed by atoms with Crippen LogP contribution in [0.25, 0.3) is 0 Å². The lowest BCUT2D eigenvalue weighted by Crippen LogP contribution is -2.60. The second kappa shape index (κ2) is 5.44. The van der Waals surface area contributed by atoms with Crippen LogP contribution in [0, 0.1) is 6.92 Å². The summed E-state index contributed by atoms with van der Waals surface area (Å²) >= 11 is 0. The van der Waals surface area contributed by atoms with E-state index in [2.05, 4.69) is 10.3 Å². The van der Waals surface area contributed by atoms with Crippen molar-refractivity contribution in [2.24, 2.45) is 0 Å². The molecule has 1 amide bonds. The molecule has 112 valence electrons. The second-order valence-electron chi connectivity index (χ2n) is 6.28. The Labute approximate surface area is 119 Å². The standard InChI is InChI=1S/C14H23N3O3/c1-9-6-15-12(19-9)10(2)16-11-7-17(8-11)13(18)20-14(3,4)5/h6,10-11,16H,7-8H2,1-5H3. The molecule has 0 bridgehead atoms. The van der Waals surface area contributed by atoms with E-state index in [1.165, 1.54) is 0 Å². The van der Waals surface area contributed by atoms with Crippen LogP contribution in [0.5, 0.6) is 0 Å². The highest BCUT2D eigenvalue weighted by Gasteiger charge is 2.34. The van der Waals surface area contributed by atoms with Crippen molar-refractivity contribution in [1.82, 2.24) is 15.2 Å². The molecule has 0 aromatic carbocycles. The molecule has 2 rings (SSSR count). The minimum Gasteiger partial charge on any atom is -0.444 e. The van der Waals surface area contributed by atoms with Crippen molar-refractivity contribution in [2.75, 3.05) is 13.1 Å². The third-order valence-corrected chi connectivity index (χ3v) is 3.03. The summed E-state index contributed by atoms with van der Waals surface area (Å²) in [7, 11) is 0. The van der Waals surface area contributed by atoms with Crippen LogP contribution in [0.15, 0.2) is 10.6 Å². The molecule has 2 heterocycles. The molecule has 1 saturated heterocycles. The lowest BCUT2D eigenvalue weighted by molar-refractivity contribution is 0.00405. The maximum Gasteiger partial charge on any atom is 0.410 e. The quantitative estimate of drug-likeness (QED) is 0.920. The van der Waals surface area contributed by atoms with Crippen molar-refractivity contribution >= 4 is 6.09 Å². The SMILES string of the molecule is Cc1cnc(C(C)NC2CN(C(=O)OC(C)(C)C)C2)o1. The van der Waals surface area contributed by atoms with E-state index in [1.807, 2.05) is 34.6 Å². The predicted molar refractivity (Wildman–Crippen MR) is 74.4 cm³/mol. The number of amides is 1. The summed E-state index contributed by atoms with van der Waals surface area (Å²) in [6.45, 7) is 10.8. The largest absolute Gasteiger partial charge is 0.444 e. The smallest absolute Gasteiger partial charge is 0.410 e. The topological polar surface area (TPSA) is 67.6 Å². The summed E-state index contributed by atoms with van der Waals surface area (Å²) in [4.78, 5) is 17.7. The van der Waals surface area contributed by atoms with Crippen molar-refractivity contribution in [1.29, 1.82) is 0 Å². The number of aromatic nitrogens is 1. The number of likely N-dealkylation sites (tertiary alicyclic amines) is 1. The number of ether oxygens (including phenoxy) is 1. The van der Waals surface area contributed by atoms with E-state index in [1.54, 1.807) is 11.1 Å². The van der Waals surface area contributed by atoms with Gasteiger partial charge < -0.3 is 14.1 Å². The van der Waals surface area contributed by atoms with Gasteiger partial charge in [-0.1, -0.05) is 0 Å². The van der Waals surface area contributed by atoms with E-state index < -0.39 is 5.60 Å². The molecule has 1 aliphatic rings. The monoisotopic (exact) mass is 281 g/mol. The Hall–Kier alpha value is -1.56. The van der Waals surface area contributed by atoms with Crippen LogP contribution in [0.2, 0.25) is 0 Å². The first-order chi connectivity index (χ1) is 9.24. The number of rotatable bonds is 3. The Balaban J connectivity index is 1.75. The van der Waals surface area contributed by atoms with Gasteiger partial charge in [-0.3, -0.25) is 5.32 Å². The maximum absolute atomic E-state index is 11.8. The van der Waals surface area contributed by atoms with Crippen LogP contribution in [-0.2, 0) is 4.74 Å². The average molecular weight is 281 g/mol. The minimum atomic E-state index is -0.446. The number of oxazole rings is 1. The normalized spacial score (nSPS) is 17.8. The van der Waals surface area contributed by atoms with Gasteiger partial charge in [-0.2, -0.15) is 0 Å². The Kier molecular flexibility index (Phi) is 4.04. The molecule has 6 heteroatoms.